The summed E-state index contributed by atoms with van der Waals surface area (Å²) >= 11 is 0. The summed E-state index contributed by atoms with van der Waals surface area (Å²) in [5, 5.41) is 0. The Bertz CT molecular complexity index is 49.8. The minimum atomic E-state index is -2.33. The Balaban J connectivity index is 0. The van der Waals surface area contributed by atoms with Crippen LogP contribution in [0.4, 0.5) is 0 Å². The summed E-state index contributed by atoms with van der Waals surface area (Å²) in [6, 6.07) is 0. The van der Waals surface area contributed by atoms with Gasteiger partial charge in [-0.25, -0.2) is 4.89 Å². The van der Waals surface area contributed by atoms with Crippen molar-refractivity contribution in [2.75, 3.05) is 6.61 Å². The van der Waals surface area contributed by atoms with Crippen molar-refractivity contribution in [2.24, 2.45) is 0 Å². The monoisotopic (exact) mass is 154 g/mol. The lowest BCUT2D eigenvalue weighted by atomic mass is 10.9. The van der Waals surface area contributed by atoms with Gasteiger partial charge in [-0.2, -0.15) is 4.67 Å². The molecule has 0 saturated carbocycles. The molecule has 5 heteroatoms. The zero-order chi connectivity index (χ0) is 7.70. The van der Waals surface area contributed by atoms with Gasteiger partial charge < -0.3 is 9.79 Å². The summed E-state index contributed by atoms with van der Waals surface area (Å²) in [7, 11) is -2.33. The van der Waals surface area contributed by atoms with Crippen molar-refractivity contribution in [3.63, 3.8) is 0 Å². The van der Waals surface area contributed by atoms with E-state index >= 15 is 0 Å². The Morgan fingerprint density at radius 1 is 1.44 bits per heavy atom. The van der Waals surface area contributed by atoms with Crippen LogP contribution in [0.5, 0.6) is 0 Å². The van der Waals surface area contributed by atoms with Crippen LogP contribution in [0.15, 0.2) is 13.2 Å². The van der Waals surface area contributed by atoms with Gasteiger partial charge >= 0.3 is 8.60 Å². The molecule has 0 bridgehead atoms. The molecule has 0 spiro atoms. The molecule has 0 amide bonds. The topological polar surface area (TPSA) is 58.9 Å². The lowest BCUT2D eigenvalue weighted by Gasteiger charge is -1.97. The molecule has 0 aliphatic heterocycles. The van der Waals surface area contributed by atoms with Gasteiger partial charge in [-0.15, -0.1) is 13.2 Å². The zero-order valence-corrected chi connectivity index (χ0v) is 6.17. The van der Waals surface area contributed by atoms with Gasteiger partial charge in [0.1, 0.15) is 0 Å². The van der Waals surface area contributed by atoms with Crippen LogP contribution in [-0.4, -0.2) is 16.4 Å². The third kappa shape index (κ3) is 18.0. The number of hydrogen-bond acceptors (Lipinski definition) is 4. The minimum absolute atomic E-state index is 0.319. The van der Waals surface area contributed by atoms with Crippen molar-refractivity contribution >= 4 is 8.60 Å². The molecule has 0 saturated heterocycles. The number of hydrogen-bond donors (Lipinski definition) is 2. The lowest BCUT2D eigenvalue weighted by molar-refractivity contribution is -0.208. The van der Waals surface area contributed by atoms with Crippen molar-refractivity contribution in [1.82, 2.24) is 0 Å². The van der Waals surface area contributed by atoms with Crippen molar-refractivity contribution in [2.45, 2.75) is 6.92 Å². The van der Waals surface area contributed by atoms with Crippen molar-refractivity contribution in [1.29, 1.82) is 0 Å². The van der Waals surface area contributed by atoms with Crippen LogP contribution in [0.3, 0.4) is 0 Å². The predicted octanol–water partition coefficient (Wildman–Crippen LogP) is 0.968. The molecular weight excluding hydrogens is 143 g/mol. The molecule has 0 aromatic carbocycles. The van der Waals surface area contributed by atoms with Gasteiger partial charge in [-0.3, -0.25) is 0 Å². The second-order valence-electron chi connectivity index (χ2n) is 0.734. The van der Waals surface area contributed by atoms with Crippen LogP contribution < -0.4 is 0 Å². The molecule has 9 heavy (non-hydrogen) atoms. The molecule has 0 aromatic rings. The van der Waals surface area contributed by atoms with E-state index in [1.54, 1.807) is 6.92 Å². The van der Waals surface area contributed by atoms with Gasteiger partial charge in [-0.1, -0.05) is 0 Å². The first-order chi connectivity index (χ1) is 4.27. The van der Waals surface area contributed by atoms with E-state index in [0.29, 0.717) is 6.61 Å². The van der Waals surface area contributed by atoms with Crippen LogP contribution in [0, 0.1) is 0 Å². The van der Waals surface area contributed by atoms with E-state index < -0.39 is 8.60 Å². The Morgan fingerprint density at radius 3 is 2.00 bits per heavy atom. The minimum Gasteiger partial charge on any atom is -0.327 e. The second-order valence-corrected chi connectivity index (χ2v) is 1.39. The standard InChI is InChI=1S/C2H7O4P.C2H4/c1-2-5-6-7(3)4;1-2/h3-4H,2H2,1H3;1-2H2. The molecule has 0 aromatic heterocycles. The average molecular weight is 154 g/mol. The average Bonchev–Trinajstić information content (AvgIpc) is 1.88. The molecule has 0 fully saturated rings. The summed E-state index contributed by atoms with van der Waals surface area (Å²) in [5.41, 5.74) is 0. The highest BCUT2D eigenvalue weighted by Crippen LogP contribution is 2.23. The first-order valence-electron chi connectivity index (χ1n) is 2.25. The second kappa shape index (κ2) is 10.9. The summed E-state index contributed by atoms with van der Waals surface area (Å²) in [5.74, 6) is 0. The fourth-order valence-corrected chi connectivity index (χ4v) is 0.300. The molecule has 0 radical (unpaired) electrons. The lowest BCUT2D eigenvalue weighted by Crippen LogP contribution is -1.85. The highest BCUT2D eigenvalue weighted by Gasteiger charge is 1.95. The van der Waals surface area contributed by atoms with E-state index in [-0.39, 0.29) is 0 Å². The van der Waals surface area contributed by atoms with Gasteiger partial charge in [-0.05, 0) is 6.92 Å². The maximum Gasteiger partial charge on any atom is 0.357 e. The van der Waals surface area contributed by atoms with E-state index in [9.17, 15) is 0 Å². The van der Waals surface area contributed by atoms with Crippen molar-refractivity contribution in [3.05, 3.63) is 13.2 Å². The molecule has 0 atom stereocenters. The number of rotatable bonds is 3. The first-order valence-corrected chi connectivity index (χ1v) is 3.41. The molecule has 0 rings (SSSR count). The molecule has 4 nitrogen and oxygen atoms in total. The maximum atomic E-state index is 7.96. The maximum absolute atomic E-state index is 7.96. The zero-order valence-electron chi connectivity index (χ0n) is 5.28. The van der Waals surface area contributed by atoms with Gasteiger partial charge in [0.2, 0.25) is 0 Å². The van der Waals surface area contributed by atoms with Gasteiger partial charge in [0.15, 0.2) is 0 Å². The van der Waals surface area contributed by atoms with E-state index in [0.717, 1.165) is 0 Å². The molecule has 56 valence electrons. The summed E-state index contributed by atoms with van der Waals surface area (Å²) in [6.45, 7) is 8.00. The van der Waals surface area contributed by atoms with E-state index in [2.05, 4.69) is 22.7 Å². The van der Waals surface area contributed by atoms with Gasteiger partial charge in [0.05, 0.1) is 6.61 Å². The van der Waals surface area contributed by atoms with Crippen molar-refractivity contribution in [3.8, 4) is 0 Å². The first kappa shape index (κ1) is 11.8. The molecule has 0 aliphatic carbocycles. The molecular formula is C4H11O4P. The third-order valence-electron chi connectivity index (χ3n) is 0.237. The van der Waals surface area contributed by atoms with E-state index in [1.165, 1.54) is 0 Å². The van der Waals surface area contributed by atoms with Crippen LogP contribution >= 0.6 is 8.60 Å². The predicted molar refractivity (Wildman–Crippen MR) is 35.3 cm³/mol. The Hall–Kier alpha value is 0.0100. The fourth-order valence-electron chi connectivity index (χ4n) is 0.0998. The van der Waals surface area contributed by atoms with Crippen LogP contribution in [0.1, 0.15) is 6.92 Å². The Kier molecular flexibility index (Phi) is 14.2. The fraction of sp³-hybridized carbons (Fsp3) is 0.500. The summed E-state index contributed by atoms with van der Waals surface area (Å²) < 4.78 is 3.87. The van der Waals surface area contributed by atoms with Gasteiger partial charge in [0.25, 0.3) is 0 Å². The molecule has 0 unspecified atom stereocenters. The van der Waals surface area contributed by atoms with Gasteiger partial charge in [0, 0.05) is 0 Å². The van der Waals surface area contributed by atoms with E-state index in [1.807, 2.05) is 0 Å². The quantitative estimate of drug-likeness (QED) is 0.275. The molecule has 0 aliphatic rings. The SMILES string of the molecule is C=C.CCOOP(O)O. The highest BCUT2D eigenvalue weighted by atomic mass is 31.2. The third-order valence-corrected chi connectivity index (χ3v) is 0.476. The molecule has 2 N–H and O–H groups in total. The molecule has 0 heterocycles. The summed E-state index contributed by atoms with van der Waals surface area (Å²) in [4.78, 5) is 20.0. The van der Waals surface area contributed by atoms with E-state index in [4.69, 9.17) is 9.79 Å². The van der Waals surface area contributed by atoms with Crippen LogP contribution in [0.2, 0.25) is 0 Å². The normalized spacial score (nSPS) is 8.44. The Labute approximate surface area is 55.7 Å². The largest absolute Gasteiger partial charge is 0.357 e. The smallest absolute Gasteiger partial charge is 0.327 e. The van der Waals surface area contributed by atoms with Crippen LogP contribution in [-0.2, 0) is 9.56 Å². The highest BCUT2D eigenvalue weighted by molar-refractivity contribution is 7.39. The Morgan fingerprint density at radius 2 is 1.89 bits per heavy atom. The van der Waals surface area contributed by atoms with Crippen molar-refractivity contribution < 1.29 is 19.3 Å². The summed E-state index contributed by atoms with van der Waals surface area (Å²) in [6.07, 6.45) is 0. The van der Waals surface area contributed by atoms with Crippen LogP contribution in [0.25, 0.3) is 0 Å².